The van der Waals surface area contributed by atoms with Crippen LogP contribution in [-0.4, -0.2) is 27.7 Å². The minimum absolute atomic E-state index is 0.0497. The molecule has 2 aromatic rings. The zero-order chi connectivity index (χ0) is 18.8. The molecule has 0 saturated heterocycles. The average Bonchev–Trinajstić information content (AvgIpc) is 2.54. The third-order valence-corrected chi connectivity index (χ3v) is 3.78. The number of carbonyl (C=O) groups is 3. The van der Waals surface area contributed by atoms with Crippen molar-refractivity contribution in [2.45, 2.75) is 19.3 Å². The lowest BCUT2D eigenvalue weighted by Gasteiger charge is -2.25. The van der Waals surface area contributed by atoms with E-state index in [0.29, 0.717) is 16.9 Å². The van der Waals surface area contributed by atoms with Crippen LogP contribution in [0, 0.1) is 0 Å². The zero-order valence-electron chi connectivity index (χ0n) is 13.9. The maximum Gasteiger partial charge on any atom is 0.232 e. The summed E-state index contributed by atoms with van der Waals surface area (Å²) in [5, 5.41) is 7.90. The molecule has 0 spiro atoms. The SMILES string of the molecule is CC(=O)Nc1ccc(NC(=O)[C@H]2CC(=O)Nc3nc(N)nc(N)c32)cc1. The second-order valence-electron chi connectivity index (χ2n) is 5.78. The van der Waals surface area contributed by atoms with Crippen molar-refractivity contribution in [3.63, 3.8) is 0 Å². The molecule has 3 amide bonds. The first kappa shape index (κ1) is 17.1. The Bertz CT molecular complexity index is 895. The van der Waals surface area contributed by atoms with Crippen LogP contribution in [0.25, 0.3) is 0 Å². The highest BCUT2D eigenvalue weighted by molar-refractivity contribution is 6.05. The number of aromatic nitrogens is 2. The summed E-state index contributed by atoms with van der Waals surface area (Å²) in [4.78, 5) is 43.4. The Hall–Kier alpha value is -3.69. The first-order valence-electron chi connectivity index (χ1n) is 7.74. The number of anilines is 5. The van der Waals surface area contributed by atoms with Crippen molar-refractivity contribution in [3.8, 4) is 0 Å². The molecule has 2 heterocycles. The van der Waals surface area contributed by atoms with Gasteiger partial charge in [0, 0.05) is 24.7 Å². The summed E-state index contributed by atoms with van der Waals surface area (Å²) in [6, 6.07) is 6.57. The van der Waals surface area contributed by atoms with Gasteiger partial charge in [-0.25, -0.2) is 0 Å². The quantitative estimate of drug-likeness (QED) is 0.539. The highest BCUT2D eigenvalue weighted by Crippen LogP contribution is 2.35. The van der Waals surface area contributed by atoms with E-state index in [1.807, 2.05) is 0 Å². The number of nitrogens with one attached hydrogen (secondary N) is 3. The van der Waals surface area contributed by atoms with Gasteiger partial charge in [0.2, 0.25) is 23.7 Å². The van der Waals surface area contributed by atoms with Crippen molar-refractivity contribution in [2.24, 2.45) is 0 Å². The lowest BCUT2D eigenvalue weighted by molar-refractivity contribution is -0.123. The van der Waals surface area contributed by atoms with Gasteiger partial charge >= 0.3 is 0 Å². The van der Waals surface area contributed by atoms with Crippen LogP contribution in [0.3, 0.4) is 0 Å². The number of hydrogen-bond acceptors (Lipinski definition) is 7. The molecule has 1 aromatic carbocycles. The number of rotatable bonds is 3. The monoisotopic (exact) mass is 355 g/mol. The number of hydrogen-bond donors (Lipinski definition) is 5. The van der Waals surface area contributed by atoms with Gasteiger partial charge < -0.3 is 27.4 Å². The molecule has 26 heavy (non-hydrogen) atoms. The van der Waals surface area contributed by atoms with Gasteiger partial charge in [0.15, 0.2) is 0 Å². The number of fused-ring (bicyclic) bond motifs is 1. The van der Waals surface area contributed by atoms with Gasteiger partial charge in [-0.15, -0.1) is 0 Å². The number of nitrogens with zero attached hydrogens (tertiary/aromatic N) is 2. The predicted molar refractivity (Wildman–Crippen MR) is 96.2 cm³/mol. The van der Waals surface area contributed by atoms with Gasteiger partial charge in [-0.05, 0) is 24.3 Å². The van der Waals surface area contributed by atoms with Crippen LogP contribution in [-0.2, 0) is 14.4 Å². The van der Waals surface area contributed by atoms with E-state index in [1.54, 1.807) is 24.3 Å². The van der Waals surface area contributed by atoms with Gasteiger partial charge in [0.05, 0.1) is 11.5 Å². The molecular formula is C16H17N7O3. The normalized spacial score (nSPS) is 15.6. The van der Waals surface area contributed by atoms with E-state index in [2.05, 4.69) is 25.9 Å². The number of nitrogens with two attached hydrogens (primary N) is 2. The standard InChI is InChI=1S/C16H17N7O3/c1-7(24)19-8-2-4-9(5-3-8)20-15(26)10-6-11(25)21-14-12(10)13(17)22-16(18)23-14/h2-5,10H,6H2,1H3,(H,19,24)(H,20,26)(H5,17,18,21,22,23,25)/t10-/m0/s1. The lowest BCUT2D eigenvalue weighted by Crippen LogP contribution is -2.32. The smallest absolute Gasteiger partial charge is 0.232 e. The lowest BCUT2D eigenvalue weighted by atomic mass is 9.92. The molecule has 1 atom stereocenters. The van der Waals surface area contributed by atoms with Crippen LogP contribution in [0.4, 0.5) is 29.0 Å². The number of amides is 3. The third-order valence-electron chi connectivity index (χ3n) is 3.78. The topological polar surface area (TPSA) is 165 Å². The highest BCUT2D eigenvalue weighted by Gasteiger charge is 2.34. The van der Waals surface area contributed by atoms with Crippen LogP contribution >= 0.6 is 0 Å². The van der Waals surface area contributed by atoms with Crippen LogP contribution < -0.4 is 27.4 Å². The van der Waals surface area contributed by atoms with Crippen molar-refractivity contribution in [2.75, 3.05) is 27.4 Å². The van der Waals surface area contributed by atoms with Crippen molar-refractivity contribution in [1.29, 1.82) is 0 Å². The Balaban J connectivity index is 1.82. The molecule has 0 unspecified atom stereocenters. The summed E-state index contributed by atoms with van der Waals surface area (Å²) in [5.74, 6) is -1.71. The van der Waals surface area contributed by atoms with E-state index in [0.717, 1.165) is 0 Å². The fourth-order valence-corrected chi connectivity index (χ4v) is 2.71. The molecule has 0 fully saturated rings. The van der Waals surface area contributed by atoms with Gasteiger partial charge in [-0.1, -0.05) is 0 Å². The van der Waals surface area contributed by atoms with Crippen LogP contribution in [0.15, 0.2) is 24.3 Å². The molecule has 10 heteroatoms. The molecule has 0 aliphatic carbocycles. The molecule has 1 aliphatic rings. The van der Waals surface area contributed by atoms with E-state index in [4.69, 9.17) is 11.5 Å². The van der Waals surface area contributed by atoms with E-state index < -0.39 is 11.8 Å². The molecule has 0 bridgehead atoms. The fourth-order valence-electron chi connectivity index (χ4n) is 2.71. The molecule has 3 rings (SSSR count). The molecule has 1 aliphatic heterocycles. The van der Waals surface area contributed by atoms with Gasteiger partial charge in [-0.2, -0.15) is 9.97 Å². The molecule has 134 valence electrons. The highest BCUT2D eigenvalue weighted by atomic mass is 16.2. The summed E-state index contributed by atoms with van der Waals surface area (Å²) in [6.07, 6.45) is -0.0830. The zero-order valence-corrected chi connectivity index (χ0v) is 13.9. The minimum atomic E-state index is -0.839. The van der Waals surface area contributed by atoms with E-state index in [1.165, 1.54) is 6.92 Å². The second kappa shape index (κ2) is 6.67. The fraction of sp³-hybridized carbons (Fsp3) is 0.188. The van der Waals surface area contributed by atoms with Gasteiger partial charge in [0.1, 0.15) is 11.6 Å². The van der Waals surface area contributed by atoms with Crippen molar-refractivity contribution in [1.82, 2.24) is 9.97 Å². The summed E-state index contributed by atoms with van der Waals surface area (Å²) in [6.45, 7) is 1.40. The molecule has 0 saturated carbocycles. The first-order chi connectivity index (χ1) is 12.3. The predicted octanol–water partition coefficient (Wildman–Crippen LogP) is 0.664. The Morgan fingerprint density at radius 2 is 1.73 bits per heavy atom. The molecule has 7 N–H and O–H groups in total. The number of nitrogen functional groups attached to an aromatic ring is 2. The van der Waals surface area contributed by atoms with Crippen molar-refractivity contribution < 1.29 is 14.4 Å². The van der Waals surface area contributed by atoms with Crippen LogP contribution in [0.5, 0.6) is 0 Å². The summed E-state index contributed by atoms with van der Waals surface area (Å²) < 4.78 is 0. The molecule has 0 radical (unpaired) electrons. The van der Waals surface area contributed by atoms with Crippen molar-refractivity contribution in [3.05, 3.63) is 29.8 Å². The number of benzene rings is 1. The Kier molecular flexibility index (Phi) is 4.40. The van der Waals surface area contributed by atoms with Gasteiger partial charge in [-0.3, -0.25) is 14.4 Å². The van der Waals surface area contributed by atoms with Gasteiger partial charge in [0.25, 0.3) is 0 Å². The largest absolute Gasteiger partial charge is 0.383 e. The van der Waals surface area contributed by atoms with E-state index in [-0.39, 0.29) is 35.8 Å². The van der Waals surface area contributed by atoms with Crippen molar-refractivity contribution >= 4 is 46.7 Å². The third kappa shape index (κ3) is 3.53. The summed E-state index contributed by atoms with van der Waals surface area (Å²) in [5.41, 5.74) is 12.9. The molecule has 1 aromatic heterocycles. The van der Waals surface area contributed by atoms with E-state index in [9.17, 15) is 14.4 Å². The Labute approximate surface area is 148 Å². The molecule has 10 nitrogen and oxygen atoms in total. The molecular weight excluding hydrogens is 338 g/mol. The maximum atomic E-state index is 12.7. The maximum absolute atomic E-state index is 12.7. The summed E-state index contributed by atoms with van der Waals surface area (Å²) >= 11 is 0. The second-order valence-corrected chi connectivity index (χ2v) is 5.78. The Morgan fingerprint density at radius 1 is 1.12 bits per heavy atom. The van der Waals surface area contributed by atoms with E-state index >= 15 is 0 Å². The average molecular weight is 355 g/mol. The first-order valence-corrected chi connectivity index (χ1v) is 7.74. The minimum Gasteiger partial charge on any atom is -0.383 e. The van der Waals surface area contributed by atoms with Crippen LogP contribution in [0.1, 0.15) is 24.8 Å². The van der Waals surface area contributed by atoms with Crippen LogP contribution in [0.2, 0.25) is 0 Å². The number of carbonyl (C=O) groups excluding carboxylic acids is 3. The Morgan fingerprint density at radius 3 is 2.35 bits per heavy atom. The summed E-state index contributed by atoms with van der Waals surface area (Å²) in [7, 11) is 0.